The normalized spacial score (nSPS) is 16.1. The van der Waals surface area contributed by atoms with E-state index in [1.54, 1.807) is 13.0 Å². The molecule has 0 saturated heterocycles. The monoisotopic (exact) mass is 313 g/mol. The first-order valence-electron chi connectivity index (χ1n) is 6.74. The van der Waals surface area contributed by atoms with E-state index in [9.17, 15) is 14.9 Å². The maximum Gasteiger partial charge on any atom is 0.270 e. The molecule has 1 amide bonds. The molecule has 0 radical (unpaired) electrons. The van der Waals surface area contributed by atoms with E-state index >= 15 is 0 Å². The fraction of sp³-hybridized carbons (Fsp3) is 0.500. The number of amides is 1. The summed E-state index contributed by atoms with van der Waals surface area (Å²) in [6, 6.07) is 4.41. The summed E-state index contributed by atoms with van der Waals surface area (Å²) in [5.74, 6) is -0.288. The zero-order chi connectivity index (χ0) is 14.8. The highest BCUT2D eigenvalue weighted by Gasteiger charge is 2.34. The Labute approximate surface area is 129 Å². The molecular formula is C14H20ClN3O3. The van der Waals surface area contributed by atoms with Crippen LogP contribution in [0.2, 0.25) is 0 Å². The van der Waals surface area contributed by atoms with Crippen molar-refractivity contribution in [1.29, 1.82) is 0 Å². The second-order valence-corrected chi connectivity index (χ2v) is 5.46. The summed E-state index contributed by atoms with van der Waals surface area (Å²) >= 11 is 0. The summed E-state index contributed by atoms with van der Waals surface area (Å²) in [7, 11) is 0. The van der Waals surface area contributed by atoms with Crippen LogP contribution in [0.1, 0.15) is 41.6 Å². The Morgan fingerprint density at radius 1 is 1.38 bits per heavy atom. The van der Waals surface area contributed by atoms with E-state index in [1.165, 1.54) is 12.1 Å². The first kappa shape index (κ1) is 17.4. The summed E-state index contributed by atoms with van der Waals surface area (Å²) in [5, 5.41) is 13.8. The first-order chi connectivity index (χ1) is 9.46. The first-order valence-corrected chi connectivity index (χ1v) is 6.74. The van der Waals surface area contributed by atoms with Crippen molar-refractivity contribution in [3.63, 3.8) is 0 Å². The van der Waals surface area contributed by atoms with Gasteiger partial charge in [-0.3, -0.25) is 14.9 Å². The Morgan fingerprint density at radius 3 is 2.52 bits per heavy atom. The summed E-state index contributed by atoms with van der Waals surface area (Å²) in [4.78, 5) is 22.7. The van der Waals surface area contributed by atoms with Crippen LogP contribution in [0.5, 0.6) is 0 Å². The molecular weight excluding hydrogens is 294 g/mol. The highest BCUT2D eigenvalue weighted by molar-refractivity contribution is 5.95. The van der Waals surface area contributed by atoms with Gasteiger partial charge in [0.2, 0.25) is 0 Å². The number of non-ortho nitro benzene ring substituents is 1. The van der Waals surface area contributed by atoms with E-state index < -0.39 is 4.92 Å². The van der Waals surface area contributed by atoms with Crippen LogP contribution in [-0.2, 0) is 0 Å². The number of carbonyl (C=O) groups is 1. The molecule has 0 heterocycles. The SMILES string of the molecule is Cc1cc(C(=O)NC2(CN)CCCC2)cc([N+](=O)[O-])c1.Cl. The standard InChI is InChI=1S/C14H19N3O3.ClH/c1-10-6-11(8-12(7-10)17(19)20)13(18)16-14(9-15)4-2-3-5-14;/h6-8H,2-5,9,15H2,1H3,(H,16,18);1H. The van der Waals surface area contributed by atoms with Crippen LogP contribution in [0.25, 0.3) is 0 Å². The molecule has 0 aromatic heterocycles. The highest BCUT2D eigenvalue weighted by atomic mass is 35.5. The van der Waals surface area contributed by atoms with Crippen LogP contribution in [0.15, 0.2) is 18.2 Å². The molecule has 1 aromatic carbocycles. The van der Waals surface area contributed by atoms with Gasteiger partial charge in [0, 0.05) is 24.2 Å². The predicted molar refractivity (Wildman–Crippen MR) is 82.8 cm³/mol. The third kappa shape index (κ3) is 3.92. The van der Waals surface area contributed by atoms with E-state index in [4.69, 9.17) is 5.73 Å². The molecule has 1 fully saturated rings. The molecule has 116 valence electrons. The highest BCUT2D eigenvalue weighted by Crippen LogP contribution is 2.29. The molecule has 2 rings (SSSR count). The van der Waals surface area contributed by atoms with Crippen LogP contribution >= 0.6 is 12.4 Å². The van der Waals surface area contributed by atoms with Gasteiger partial charge in [-0.1, -0.05) is 12.8 Å². The lowest BCUT2D eigenvalue weighted by atomic mass is 9.97. The van der Waals surface area contributed by atoms with Gasteiger partial charge in [0.25, 0.3) is 11.6 Å². The minimum absolute atomic E-state index is 0. The molecule has 1 aliphatic rings. The summed E-state index contributed by atoms with van der Waals surface area (Å²) in [6.45, 7) is 2.13. The van der Waals surface area contributed by atoms with Crippen LogP contribution in [0, 0.1) is 17.0 Å². The summed E-state index contributed by atoms with van der Waals surface area (Å²) < 4.78 is 0. The van der Waals surface area contributed by atoms with Crippen LogP contribution in [0.4, 0.5) is 5.69 Å². The molecule has 0 aliphatic heterocycles. The maximum atomic E-state index is 12.3. The molecule has 1 aromatic rings. The maximum absolute atomic E-state index is 12.3. The van der Waals surface area contributed by atoms with Crippen LogP contribution < -0.4 is 11.1 Å². The predicted octanol–water partition coefficient (Wildman–Crippen LogP) is 2.33. The van der Waals surface area contributed by atoms with Crippen molar-refractivity contribution >= 4 is 24.0 Å². The zero-order valence-electron chi connectivity index (χ0n) is 11.9. The van der Waals surface area contributed by atoms with Crippen molar-refractivity contribution in [3.8, 4) is 0 Å². The topological polar surface area (TPSA) is 98.3 Å². The van der Waals surface area contributed by atoms with Crippen LogP contribution in [-0.4, -0.2) is 22.9 Å². The van der Waals surface area contributed by atoms with Gasteiger partial charge in [-0.05, 0) is 31.4 Å². The van der Waals surface area contributed by atoms with Crippen molar-refractivity contribution in [3.05, 3.63) is 39.4 Å². The van der Waals surface area contributed by atoms with Gasteiger partial charge in [0.1, 0.15) is 0 Å². The van der Waals surface area contributed by atoms with E-state index in [2.05, 4.69) is 5.32 Å². The number of rotatable bonds is 4. The second-order valence-electron chi connectivity index (χ2n) is 5.46. The molecule has 0 spiro atoms. The van der Waals surface area contributed by atoms with Crippen molar-refractivity contribution in [2.75, 3.05) is 6.54 Å². The van der Waals surface area contributed by atoms with E-state index in [0.717, 1.165) is 25.7 Å². The third-order valence-electron chi connectivity index (χ3n) is 3.87. The van der Waals surface area contributed by atoms with Gasteiger partial charge in [-0.2, -0.15) is 0 Å². The molecule has 0 bridgehead atoms. The molecule has 1 aliphatic carbocycles. The number of nitro benzene ring substituents is 1. The van der Waals surface area contributed by atoms with Gasteiger partial charge in [-0.25, -0.2) is 0 Å². The lowest BCUT2D eigenvalue weighted by Gasteiger charge is -2.28. The van der Waals surface area contributed by atoms with Gasteiger partial charge >= 0.3 is 0 Å². The number of benzene rings is 1. The van der Waals surface area contributed by atoms with Crippen LogP contribution in [0.3, 0.4) is 0 Å². The molecule has 7 heteroatoms. The number of aryl methyl sites for hydroxylation is 1. The smallest absolute Gasteiger partial charge is 0.270 e. The van der Waals surface area contributed by atoms with Gasteiger partial charge in [-0.15, -0.1) is 12.4 Å². The lowest BCUT2D eigenvalue weighted by molar-refractivity contribution is -0.384. The molecule has 3 N–H and O–H groups in total. The fourth-order valence-electron chi connectivity index (χ4n) is 2.74. The number of nitrogens with one attached hydrogen (secondary N) is 1. The molecule has 0 atom stereocenters. The lowest BCUT2D eigenvalue weighted by Crippen LogP contribution is -2.51. The quantitative estimate of drug-likeness (QED) is 0.658. The minimum atomic E-state index is -0.488. The third-order valence-corrected chi connectivity index (χ3v) is 3.87. The number of nitro groups is 1. The van der Waals surface area contributed by atoms with Gasteiger partial charge < -0.3 is 11.1 Å². The van der Waals surface area contributed by atoms with Crippen molar-refractivity contribution < 1.29 is 9.72 Å². The molecule has 1 saturated carbocycles. The Hall–Kier alpha value is -1.66. The molecule has 21 heavy (non-hydrogen) atoms. The summed E-state index contributed by atoms with van der Waals surface area (Å²) in [5.41, 5.74) is 6.37. The van der Waals surface area contributed by atoms with Crippen molar-refractivity contribution in [2.45, 2.75) is 38.1 Å². The number of halogens is 1. The number of nitrogens with zero attached hydrogens (tertiary/aromatic N) is 1. The van der Waals surface area contributed by atoms with Crippen molar-refractivity contribution in [2.24, 2.45) is 5.73 Å². The number of nitrogens with two attached hydrogens (primary N) is 1. The Balaban J connectivity index is 0.00000220. The zero-order valence-corrected chi connectivity index (χ0v) is 12.7. The van der Waals surface area contributed by atoms with Gasteiger partial charge in [0.05, 0.1) is 10.5 Å². The summed E-state index contributed by atoms with van der Waals surface area (Å²) in [6.07, 6.45) is 3.82. The largest absolute Gasteiger partial charge is 0.345 e. The van der Waals surface area contributed by atoms with E-state index in [1.807, 2.05) is 0 Å². The second kappa shape index (κ2) is 6.87. The van der Waals surface area contributed by atoms with E-state index in [-0.39, 0.29) is 29.5 Å². The Bertz CT molecular complexity index is 542. The fourth-order valence-corrected chi connectivity index (χ4v) is 2.74. The Morgan fingerprint density at radius 2 is 2.00 bits per heavy atom. The van der Waals surface area contributed by atoms with E-state index in [0.29, 0.717) is 17.7 Å². The average molecular weight is 314 g/mol. The minimum Gasteiger partial charge on any atom is -0.345 e. The average Bonchev–Trinajstić information content (AvgIpc) is 2.87. The number of hydrogen-bond acceptors (Lipinski definition) is 4. The number of carbonyl (C=O) groups excluding carboxylic acids is 1. The molecule has 6 nitrogen and oxygen atoms in total. The molecule has 0 unspecified atom stereocenters. The van der Waals surface area contributed by atoms with Gasteiger partial charge in [0.15, 0.2) is 0 Å². The Kier molecular flexibility index (Phi) is 5.69. The number of hydrogen-bond donors (Lipinski definition) is 2. The van der Waals surface area contributed by atoms with Crippen molar-refractivity contribution in [1.82, 2.24) is 5.32 Å².